The fourth-order valence-corrected chi connectivity index (χ4v) is 3.76. The number of hydrogen-bond donors (Lipinski definition) is 2. The Morgan fingerprint density at radius 3 is 2.61 bits per heavy atom. The number of amides is 2. The Bertz CT molecular complexity index is 1140. The van der Waals surface area contributed by atoms with Gasteiger partial charge in [0, 0.05) is 35.3 Å². The van der Waals surface area contributed by atoms with E-state index in [1.807, 2.05) is 54.6 Å². The Hall–Kier alpha value is -3.71. The van der Waals surface area contributed by atoms with Crippen molar-refractivity contribution in [1.82, 2.24) is 5.43 Å². The lowest BCUT2D eigenvalue weighted by Crippen LogP contribution is -2.36. The molecule has 0 unspecified atom stereocenters. The molecule has 0 spiro atoms. The van der Waals surface area contributed by atoms with Crippen LogP contribution in [-0.4, -0.2) is 25.5 Å². The van der Waals surface area contributed by atoms with Gasteiger partial charge in [0.25, 0.3) is 0 Å². The van der Waals surface area contributed by atoms with Crippen molar-refractivity contribution in [2.24, 2.45) is 5.92 Å². The minimum atomic E-state index is -0.452. The predicted octanol–water partition coefficient (Wildman–Crippen LogP) is 4.42. The summed E-state index contributed by atoms with van der Waals surface area (Å²) in [6.07, 6.45) is 0.153. The Balaban J connectivity index is 1.31. The van der Waals surface area contributed by atoms with Gasteiger partial charge in [0.05, 0.1) is 18.7 Å². The van der Waals surface area contributed by atoms with Crippen LogP contribution < -0.4 is 25.2 Å². The van der Waals surface area contributed by atoms with E-state index < -0.39 is 5.92 Å². The van der Waals surface area contributed by atoms with E-state index in [0.717, 1.165) is 11.3 Å². The quantitative estimate of drug-likeness (QED) is 0.481. The van der Waals surface area contributed by atoms with Crippen LogP contribution in [0.25, 0.3) is 0 Å². The van der Waals surface area contributed by atoms with Crippen LogP contribution in [0.5, 0.6) is 11.5 Å². The Morgan fingerprint density at radius 1 is 1.06 bits per heavy atom. The SMILES string of the molecule is COc1ccc(N2C[C@@H](C(=O)NNc3cccc(OCc4ccccc4Cl)c3)CC2=O)cc1. The summed E-state index contributed by atoms with van der Waals surface area (Å²) in [7, 11) is 1.59. The topological polar surface area (TPSA) is 79.9 Å². The van der Waals surface area contributed by atoms with Crippen molar-refractivity contribution in [3.05, 3.63) is 83.4 Å². The van der Waals surface area contributed by atoms with Crippen molar-refractivity contribution >= 4 is 34.8 Å². The van der Waals surface area contributed by atoms with Crippen molar-refractivity contribution in [2.75, 3.05) is 24.0 Å². The molecule has 2 N–H and O–H groups in total. The second kappa shape index (κ2) is 10.3. The van der Waals surface area contributed by atoms with E-state index in [0.29, 0.717) is 35.4 Å². The molecule has 0 aliphatic carbocycles. The summed E-state index contributed by atoms with van der Waals surface area (Å²) in [4.78, 5) is 26.7. The monoisotopic (exact) mass is 465 g/mol. The highest BCUT2D eigenvalue weighted by molar-refractivity contribution is 6.31. The van der Waals surface area contributed by atoms with Crippen LogP contribution in [0, 0.1) is 5.92 Å². The first kappa shape index (κ1) is 22.5. The number of nitrogens with zero attached hydrogens (tertiary/aromatic N) is 1. The summed E-state index contributed by atoms with van der Waals surface area (Å²) in [6, 6.07) is 21.9. The summed E-state index contributed by atoms with van der Waals surface area (Å²) in [6.45, 7) is 0.653. The molecule has 7 nitrogen and oxygen atoms in total. The molecule has 33 heavy (non-hydrogen) atoms. The van der Waals surface area contributed by atoms with Crippen molar-refractivity contribution in [3.63, 3.8) is 0 Å². The number of ether oxygens (including phenoxy) is 2. The number of nitrogens with one attached hydrogen (secondary N) is 2. The normalized spacial score (nSPS) is 15.3. The minimum Gasteiger partial charge on any atom is -0.497 e. The molecule has 1 atom stereocenters. The molecule has 0 radical (unpaired) electrons. The van der Waals surface area contributed by atoms with Crippen LogP contribution in [-0.2, 0) is 16.2 Å². The molecule has 170 valence electrons. The van der Waals surface area contributed by atoms with Gasteiger partial charge in [-0.05, 0) is 42.5 Å². The zero-order chi connectivity index (χ0) is 23.2. The summed E-state index contributed by atoms with van der Waals surface area (Å²) in [5.74, 6) is 0.557. The molecular weight excluding hydrogens is 442 g/mol. The number of carbonyl (C=O) groups is 2. The lowest BCUT2D eigenvalue weighted by Gasteiger charge is -2.17. The van der Waals surface area contributed by atoms with Gasteiger partial charge in [0.15, 0.2) is 0 Å². The first-order valence-electron chi connectivity index (χ1n) is 10.5. The molecule has 1 fully saturated rings. The second-order valence-corrected chi connectivity index (χ2v) is 8.03. The zero-order valence-corrected chi connectivity index (χ0v) is 18.8. The number of halogens is 1. The van der Waals surface area contributed by atoms with E-state index in [9.17, 15) is 9.59 Å². The third kappa shape index (κ3) is 5.56. The zero-order valence-electron chi connectivity index (χ0n) is 18.1. The Kier molecular flexibility index (Phi) is 7.00. The highest BCUT2D eigenvalue weighted by Gasteiger charge is 2.35. The first-order valence-corrected chi connectivity index (χ1v) is 10.9. The van der Waals surface area contributed by atoms with E-state index in [1.165, 1.54) is 0 Å². The molecule has 0 saturated carbocycles. The summed E-state index contributed by atoms with van der Waals surface area (Å²) in [5, 5.41) is 0.647. The number of hydrazine groups is 1. The summed E-state index contributed by atoms with van der Waals surface area (Å²) < 4.78 is 11.0. The number of hydrogen-bond acceptors (Lipinski definition) is 5. The average molecular weight is 466 g/mol. The van der Waals surface area contributed by atoms with Crippen LogP contribution in [0.4, 0.5) is 11.4 Å². The number of benzene rings is 3. The molecule has 1 saturated heterocycles. The molecule has 8 heteroatoms. The van der Waals surface area contributed by atoms with Gasteiger partial charge >= 0.3 is 0 Å². The number of anilines is 2. The third-order valence-corrected chi connectivity index (χ3v) is 5.76. The van der Waals surface area contributed by atoms with Crippen molar-refractivity contribution < 1.29 is 19.1 Å². The Labute approximate surface area is 197 Å². The predicted molar refractivity (Wildman–Crippen MR) is 127 cm³/mol. The fraction of sp³-hybridized carbons (Fsp3) is 0.200. The van der Waals surface area contributed by atoms with Crippen LogP contribution in [0.3, 0.4) is 0 Å². The van der Waals surface area contributed by atoms with Crippen LogP contribution in [0.15, 0.2) is 72.8 Å². The maximum atomic E-state index is 12.7. The molecule has 3 aromatic carbocycles. The molecule has 0 bridgehead atoms. The largest absolute Gasteiger partial charge is 0.497 e. The van der Waals surface area contributed by atoms with Crippen LogP contribution in [0.1, 0.15) is 12.0 Å². The maximum absolute atomic E-state index is 12.7. The van der Waals surface area contributed by atoms with Gasteiger partial charge in [0.1, 0.15) is 18.1 Å². The van der Waals surface area contributed by atoms with Crippen LogP contribution >= 0.6 is 11.6 Å². The highest BCUT2D eigenvalue weighted by Crippen LogP contribution is 2.27. The van der Waals surface area contributed by atoms with Gasteiger partial charge in [-0.25, -0.2) is 0 Å². The standard InChI is InChI=1S/C25H24ClN3O4/c1-32-21-11-9-20(10-12-21)29-15-18(13-24(29)30)25(31)28-27-19-6-4-7-22(14-19)33-16-17-5-2-3-8-23(17)26/h2-12,14,18,27H,13,15-16H2,1H3,(H,28,31)/t18-/m0/s1. The summed E-state index contributed by atoms with van der Waals surface area (Å²) in [5.41, 5.74) is 7.89. The van der Waals surface area contributed by atoms with E-state index in [2.05, 4.69) is 10.9 Å². The third-order valence-electron chi connectivity index (χ3n) is 5.40. The fourth-order valence-electron chi connectivity index (χ4n) is 3.57. The van der Waals surface area contributed by atoms with Gasteiger partial charge in [-0.2, -0.15) is 0 Å². The van der Waals surface area contributed by atoms with E-state index in [4.69, 9.17) is 21.1 Å². The molecule has 1 aliphatic rings. The number of methoxy groups -OCH3 is 1. The van der Waals surface area contributed by atoms with Crippen molar-refractivity contribution in [1.29, 1.82) is 0 Å². The van der Waals surface area contributed by atoms with E-state index in [1.54, 1.807) is 30.2 Å². The van der Waals surface area contributed by atoms with Gasteiger partial charge in [-0.1, -0.05) is 35.9 Å². The summed E-state index contributed by atoms with van der Waals surface area (Å²) >= 11 is 6.17. The molecular formula is C25H24ClN3O4. The molecule has 1 aliphatic heterocycles. The second-order valence-electron chi connectivity index (χ2n) is 7.63. The van der Waals surface area contributed by atoms with Gasteiger partial charge < -0.3 is 14.4 Å². The van der Waals surface area contributed by atoms with Gasteiger partial charge in [-0.3, -0.25) is 20.4 Å². The highest BCUT2D eigenvalue weighted by atomic mass is 35.5. The maximum Gasteiger partial charge on any atom is 0.243 e. The number of rotatable bonds is 8. The average Bonchev–Trinajstić information content (AvgIpc) is 3.24. The van der Waals surface area contributed by atoms with Gasteiger partial charge in [0.2, 0.25) is 11.8 Å². The first-order chi connectivity index (χ1) is 16.0. The van der Waals surface area contributed by atoms with E-state index >= 15 is 0 Å². The lowest BCUT2D eigenvalue weighted by molar-refractivity contribution is -0.125. The molecule has 4 rings (SSSR count). The molecule has 1 heterocycles. The van der Waals surface area contributed by atoms with Crippen molar-refractivity contribution in [3.8, 4) is 11.5 Å². The van der Waals surface area contributed by atoms with Gasteiger partial charge in [-0.15, -0.1) is 0 Å². The Morgan fingerprint density at radius 2 is 1.85 bits per heavy atom. The molecule has 0 aromatic heterocycles. The van der Waals surface area contributed by atoms with E-state index in [-0.39, 0.29) is 18.2 Å². The van der Waals surface area contributed by atoms with Crippen LogP contribution in [0.2, 0.25) is 5.02 Å². The number of carbonyl (C=O) groups excluding carboxylic acids is 2. The molecule has 3 aromatic rings. The molecule has 2 amide bonds. The smallest absolute Gasteiger partial charge is 0.243 e. The minimum absolute atomic E-state index is 0.0877. The van der Waals surface area contributed by atoms with Crippen molar-refractivity contribution in [2.45, 2.75) is 13.0 Å². The lowest BCUT2D eigenvalue weighted by atomic mass is 10.1.